The summed E-state index contributed by atoms with van der Waals surface area (Å²) in [6, 6.07) is 4.68. The summed E-state index contributed by atoms with van der Waals surface area (Å²) < 4.78 is 6.15. The van der Waals surface area contributed by atoms with Crippen molar-refractivity contribution in [1.82, 2.24) is 4.98 Å². The molecule has 2 aromatic rings. The van der Waals surface area contributed by atoms with E-state index >= 15 is 0 Å². The smallest absolute Gasteiger partial charge is 0.312 e. The van der Waals surface area contributed by atoms with Gasteiger partial charge < -0.3 is 10.5 Å². The molecule has 1 aromatic heterocycles. The van der Waals surface area contributed by atoms with Gasteiger partial charge in [0.2, 0.25) is 5.75 Å². The van der Waals surface area contributed by atoms with E-state index in [4.69, 9.17) is 10.5 Å². The number of anilines is 1. The Bertz CT molecular complexity index is 646. The van der Waals surface area contributed by atoms with Crippen LogP contribution < -0.4 is 10.5 Å². The van der Waals surface area contributed by atoms with Crippen LogP contribution in [0.25, 0.3) is 0 Å². The number of ether oxygens (including phenoxy) is 1. The lowest BCUT2D eigenvalue weighted by Crippen LogP contribution is -1.97. The molecular formula is C12H10BrN3O3. The highest BCUT2D eigenvalue weighted by Gasteiger charge is 2.19. The Balaban J connectivity index is 2.47. The second kappa shape index (κ2) is 5.23. The minimum Gasteiger partial charge on any atom is -0.448 e. The minimum atomic E-state index is -0.493. The second-order valence-corrected chi connectivity index (χ2v) is 4.80. The van der Waals surface area contributed by atoms with Crippen molar-refractivity contribution in [3.8, 4) is 11.5 Å². The molecular weight excluding hydrogens is 314 g/mol. The van der Waals surface area contributed by atoms with Crippen molar-refractivity contribution in [2.75, 3.05) is 5.73 Å². The van der Waals surface area contributed by atoms with E-state index in [0.717, 1.165) is 0 Å². The Morgan fingerprint density at radius 3 is 2.74 bits per heavy atom. The Labute approximate surface area is 117 Å². The number of nitrogens with two attached hydrogens (primary N) is 1. The monoisotopic (exact) mass is 323 g/mol. The van der Waals surface area contributed by atoms with Crippen LogP contribution in [0, 0.1) is 17.0 Å². The number of aromatic nitrogens is 1. The van der Waals surface area contributed by atoms with E-state index in [1.165, 1.54) is 18.5 Å². The van der Waals surface area contributed by atoms with E-state index in [9.17, 15) is 10.1 Å². The predicted octanol–water partition coefficient (Wildman–Crippen LogP) is 3.44. The molecule has 0 aliphatic rings. The first kappa shape index (κ1) is 13.3. The average Bonchev–Trinajstić information content (AvgIpc) is 2.32. The second-order valence-electron chi connectivity index (χ2n) is 3.88. The highest BCUT2D eigenvalue weighted by Crippen LogP contribution is 2.37. The maximum absolute atomic E-state index is 11.0. The van der Waals surface area contributed by atoms with Gasteiger partial charge in [-0.15, -0.1) is 0 Å². The first-order valence-corrected chi connectivity index (χ1v) is 6.09. The molecule has 0 spiro atoms. The minimum absolute atomic E-state index is 0.116. The van der Waals surface area contributed by atoms with Gasteiger partial charge in [-0.3, -0.25) is 15.1 Å². The lowest BCUT2D eigenvalue weighted by atomic mass is 10.2. The molecule has 0 fully saturated rings. The molecule has 6 nitrogen and oxygen atoms in total. The molecule has 0 saturated carbocycles. The Kier molecular flexibility index (Phi) is 3.66. The fourth-order valence-corrected chi connectivity index (χ4v) is 2.15. The highest BCUT2D eigenvalue weighted by atomic mass is 79.9. The van der Waals surface area contributed by atoms with Crippen molar-refractivity contribution in [2.24, 2.45) is 0 Å². The molecule has 2 N–H and O–H groups in total. The summed E-state index contributed by atoms with van der Waals surface area (Å²) in [5.41, 5.74) is 6.54. The van der Waals surface area contributed by atoms with Gasteiger partial charge in [0.1, 0.15) is 5.75 Å². The largest absolute Gasteiger partial charge is 0.448 e. The zero-order chi connectivity index (χ0) is 14.0. The Morgan fingerprint density at radius 1 is 1.37 bits per heavy atom. The van der Waals surface area contributed by atoms with Crippen LogP contribution >= 0.6 is 15.9 Å². The van der Waals surface area contributed by atoms with E-state index in [0.29, 0.717) is 21.5 Å². The molecule has 1 aromatic carbocycles. The van der Waals surface area contributed by atoms with E-state index < -0.39 is 4.92 Å². The van der Waals surface area contributed by atoms with Crippen LogP contribution in [0.4, 0.5) is 11.4 Å². The summed E-state index contributed by atoms with van der Waals surface area (Å²) in [7, 11) is 0. The third-order valence-corrected chi connectivity index (χ3v) is 2.83. The van der Waals surface area contributed by atoms with E-state index in [1.54, 1.807) is 19.1 Å². The van der Waals surface area contributed by atoms with Crippen LogP contribution in [0.1, 0.15) is 5.56 Å². The number of nitro groups is 1. The normalized spacial score (nSPS) is 10.2. The molecule has 0 amide bonds. The molecule has 0 aliphatic heterocycles. The number of halogens is 1. The van der Waals surface area contributed by atoms with Gasteiger partial charge in [-0.1, -0.05) is 15.9 Å². The lowest BCUT2D eigenvalue weighted by molar-refractivity contribution is -0.385. The molecule has 19 heavy (non-hydrogen) atoms. The van der Waals surface area contributed by atoms with Crippen molar-refractivity contribution in [1.29, 1.82) is 0 Å². The lowest BCUT2D eigenvalue weighted by Gasteiger charge is -2.09. The summed E-state index contributed by atoms with van der Waals surface area (Å²) in [5.74, 6) is 0.536. The number of nitro benzene ring substituents is 1. The van der Waals surface area contributed by atoms with Crippen LogP contribution in [-0.2, 0) is 0 Å². The molecule has 0 bridgehead atoms. The number of hydrogen-bond donors (Lipinski definition) is 1. The quantitative estimate of drug-likeness (QED) is 0.690. The van der Waals surface area contributed by atoms with Gasteiger partial charge in [0, 0.05) is 16.6 Å². The van der Waals surface area contributed by atoms with E-state index in [-0.39, 0.29) is 11.4 Å². The highest BCUT2D eigenvalue weighted by molar-refractivity contribution is 9.10. The number of hydrogen-bond acceptors (Lipinski definition) is 5. The van der Waals surface area contributed by atoms with Gasteiger partial charge in [-0.05, 0) is 18.6 Å². The van der Waals surface area contributed by atoms with Crippen molar-refractivity contribution in [3.63, 3.8) is 0 Å². The average molecular weight is 324 g/mol. The number of nitrogens with zero attached hydrogens (tertiary/aromatic N) is 2. The van der Waals surface area contributed by atoms with Gasteiger partial charge >= 0.3 is 5.69 Å². The van der Waals surface area contributed by atoms with Crippen LogP contribution in [0.2, 0.25) is 0 Å². The van der Waals surface area contributed by atoms with Crippen LogP contribution in [0.15, 0.2) is 35.1 Å². The number of aryl methyl sites for hydroxylation is 1. The third-order valence-electron chi connectivity index (χ3n) is 2.37. The third kappa shape index (κ3) is 3.00. The molecule has 98 valence electrons. The zero-order valence-corrected chi connectivity index (χ0v) is 11.5. The summed E-state index contributed by atoms with van der Waals surface area (Å²) in [4.78, 5) is 14.4. The summed E-state index contributed by atoms with van der Waals surface area (Å²) in [6.45, 7) is 1.73. The number of benzene rings is 1. The number of nitrogen functional groups attached to an aromatic ring is 1. The molecule has 0 saturated heterocycles. The van der Waals surface area contributed by atoms with Crippen molar-refractivity contribution >= 4 is 27.3 Å². The molecule has 2 rings (SSSR count). The molecule has 7 heteroatoms. The van der Waals surface area contributed by atoms with Gasteiger partial charge in [-0.2, -0.15) is 0 Å². The molecule has 0 radical (unpaired) electrons. The van der Waals surface area contributed by atoms with Crippen molar-refractivity contribution in [3.05, 3.63) is 50.7 Å². The molecule has 0 atom stereocenters. The van der Waals surface area contributed by atoms with Crippen molar-refractivity contribution in [2.45, 2.75) is 6.92 Å². The number of rotatable bonds is 3. The SMILES string of the molecule is Cc1cc(Br)cc([N+](=O)[O-])c1Oc1cncc(N)c1. The molecule has 0 aliphatic carbocycles. The van der Waals surface area contributed by atoms with Crippen LogP contribution in [0.3, 0.4) is 0 Å². The van der Waals surface area contributed by atoms with Gasteiger partial charge in [0.15, 0.2) is 0 Å². The first-order valence-electron chi connectivity index (χ1n) is 5.30. The van der Waals surface area contributed by atoms with Gasteiger partial charge in [-0.25, -0.2) is 0 Å². The Hall–Kier alpha value is -2.15. The topological polar surface area (TPSA) is 91.3 Å². The maximum Gasteiger partial charge on any atom is 0.312 e. The maximum atomic E-state index is 11.0. The van der Waals surface area contributed by atoms with Crippen LogP contribution in [0.5, 0.6) is 11.5 Å². The molecule has 1 heterocycles. The zero-order valence-electron chi connectivity index (χ0n) is 9.96. The fourth-order valence-electron chi connectivity index (χ4n) is 1.59. The molecule has 0 unspecified atom stereocenters. The summed E-state index contributed by atoms with van der Waals surface area (Å²) in [6.07, 6.45) is 2.91. The predicted molar refractivity (Wildman–Crippen MR) is 74.3 cm³/mol. The van der Waals surface area contributed by atoms with Gasteiger partial charge in [0.25, 0.3) is 0 Å². The van der Waals surface area contributed by atoms with Crippen molar-refractivity contribution < 1.29 is 9.66 Å². The summed E-state index contributed by atoms with van der Waals surface area (Å²) in [5, 5.41) is 11.0. The first-order chi connectivity index (χ1) is 8.97. The van der Waals surface area contributed by atoms with Gasteiger partial charge in [0.05, 0.1) is 23.0 Å². The summed E-state index contributed by atoms with van der Waals surface area (Å²) >= 11 is 3.22. The Morgan fingerprint density at radius 2 is 2.11 bits per heavy atom. The van der Waals surface area contributed by atoms with E-state index in [2.05, 4.69) is 20.9 Å². The fraction of sp³-hybridized carbons (Fsp3) is 0.0833. The standard InChI is InChI=1S/C12H10BrN3O3/c1-7-2-8(13)3-11(16(17)18)12(7)19-10-4-9(14)5-15-6-10/h2-6H,14H2,1H3. The van der Waals surface area contributed by atoms with E-state index in [1.807, 2.05) is 0 Å². The van der Waals surface area contributed by atoms with Crippen LogP contribution in [-0.4, -0.2) is 9.91 Å². The number of pyridine rings is 1.